The molecule has 410 valence electrons. The van der Waals surface area contributed by atoms with Crippen molar-refractivity contribution in [3.05, 3.63) is 309 Å². The van der Waals surface area contributed by atoms with Crippen molar-refractivity contribution in [2.45, 2.75) is 0 Å². The normalized spacial score (nSPS) is 11.9. The van der Waals surface area contributed by atoms with Crippen LogP contribution in [-0.4, -0.2) is 33.2 Å². The molecular formula is C81H51N7. The number of aromatic nitrogens is 7. The molecule has 13 aromatic carbocycles. The zero-order chi connectivity index (χ0) is 57.8. The van der Waals surface area contributed by atoms with Gasteiger partial charge in [-0.2, -0.15) is 0 Å². The first-order valence-electron chi connectivity index (χ1n) is 29.9. The second-order valence-electron chi connectivity index (χ2n) is 22.7. The lowest BCUT2D eigenvalue weighted by Gasteiger charge is -2.17. The molecule has 0 saturated heterocycles. The number of benzene rings is 13. The van der Waals surface area contributed by atoms with E-state index < -0.39 is 0 Å². The summed E-state index contributed by atoms with van der Waals surface area (Å²) in [5, 5.41) is 9.59. The Morgan fingerprint density at radius 3 is 1.09 bits per heavy atom. The maximum atomic E-state index is 5.44. The van der Waals surface area contributed by atoms with E-state index in [9.17, 15) is 0 Å². The number of fused-ring (bicyclic) bond motifs is 12. The second kappa shape index (κ2) is 19.8. The molecule has 0 aliphatic heterocycles. The third kappa shape index (κ3) is 7.81. The third-order valence-corrected chi connectivity index (χ3v) is 17.8. The third-order valence-electron chi connectivity index (χ3n) is 17.8. The Kier molecular flexibility index (Phi) is 11.2. The largest absolute Gasteiger partial charge is 0.309 e. The summed E-state index contributed by atoms with van der Waals surface area (Å²) in [7, 11) is 0. The van der Waals surface area contributed by atoms with E-state index in [1.54, 1.807) is 0 Å². The SMILES string of the molecule is c1ccc(-c2nc(-c3cccc(-n4c5ccccc5c5ccccc54)c3)nc(-c3ccc(-n4c5ccccc5c5ccccc54)c(-c4ccc5c(c4)c4ccc(-c6ccc7c(c6)c6ccccc6n7-c6ccccc6)cc4n5-c4ccccc4)c3)n2)cc1. The summed E-state index contributed by atoms with van der Waals surface area (Å²) in [5.41, 5.74) is 20.6. The number of hydrogen-bond acceptors (Lipinski definition) is 3. The Balaban J connectivity index is 0.836. The predicted octanol–water partition coefficient (Wildman–Crippen LogP) is 20.6. The van der Waals surface area contributed by atoms with Gasteiger partial charge in [-0.1, -0.05) is 194 Å². The lowest BCUT2D eigenvalue weighted by atomic mass is 9.97. The van der Waals surface area contributed by atoms with Crippen LogP contribution in [0.15, 0.2) is 309 Å². The monoisotopic (exact) mass is 1120 g/mol. The van der Waals surface area contributed by atoms with Crippen LogP contribution >= 0.6 is 0 Å². The summed E-state index contributed by atoms with van der Waals surface area (Å²) in [4.78, 5) is 16.1. The number of para-hydroxylation sites is 7. The minimum atomic E-state index is 0.582. The van der Waals surface area contributed by atoms with Gasteiger partial charge in [-0.25, -0.2) is 15.0 Å². The van der Waals surface area contributed by atoms with Crippen molar-refractivity contribution in [1.82, 2.24) is 33.2 Å². The highest BCUT2D eigenvalue weighted by atomic mass is 15.0. The molecule has 0 aliphatic rings. The average Bonchev–Trinajstić information content (AvgIpc) is 2.30. The predicted molar refractivity (Wildman–Crippen MR) is 364 cm³/mol. The maximum absolute atomic E-state index is 5.44. The van der Waals surface area contributed by atoms with E-state index in [-0.39, 0.29) is 0 Å². The van der Waals surface area contributed by atoms with E-state index in [0.29, 0.717) is 17.5 Å². The van der Waals surface area contributed by atoms with Gasteiger partial charge < -0.3 is 18.3 Å². The van der Waals surface area contributed by atoms with Crippen LogP contribution < -0.4 is 0 Å². The summed E-state index contributed by atoms with van der Waals surface area (Å²) >= 11 is 0. The summed E-state index contributed by atoms with van der Waals surface area (Å²) in [6.07, 6.45) is 0. The highest BCUT2D eigenvalue weighted by Gasteiger charge is 2.23. The van der Waals surface area contributed by atoms with Gasteiger partial charge in [0.2, 0.25) is 0 Å². The van der Waals surface area contributed by atoms with Gasteiger partial charge in [-0.05, 0) is 132 Å². The van der Waals surface area contributed by atoms with Crippen LogP contribution in [0.1, 0.15) is 0 Å². The van der Waals surface area contributed by atoms with E-state index in [4.69, 9.17) is 15.0 Å². The first-order valence-corrected chi connectivity index (χ1v) is 29.9. The Morgan fingerprint density at radius 1 is 0.182 bits per heavy atom. The van der Waals surface area contributed by atoms with Gasteiger partial charge >= 0.3 is 0 Å². The zero-order valence-electron chi connectivity index (χ0n) is 47.6. The molecule has 0 amide bonds. The van der Waals surface area contributed by atoms with Crippen LogP contribution in [0.25, 0.3) is 166 Å². The molecule has 5 aromatic heterocycles. The van der Waals surface area contributed by atoms with Crippen LogP contribution in [0.3, 0.4) is 0 Å². The fourth-order valence-electron chi connectivity index (χ4n) is 13.8. The molecule has 0 N–H and O–H groups in total. The minimum absolute atomic E-state index is 0.582. The topological polar surface area (TPSA) is 58.4 Å². The molecule has 18 rings (SSSR count). The highest BCUT2D eigenvalue weighted by Crippen LogP contribution is 2.43. The lowest BCUT2D eigenvalue weighted by molar-refractivity contribution is 1.07. The van der Waals surface area contributed by atoms with E-state index in [1.807, 2.05) is 18.2 Å². The second-order valence-corrected chi connectivity index (χ2v) is 22.7. The molecule has 0 aliphatic carbocycles. The van der Waals surface area contributed by atoms with E-state index >= 15 is 0 Å². The zero-order valence-corrected chi connectivity index (χ0v) is 47.6. The van der Waals surface area contributed by atoms with Gasteiger partial charge in [0, 0.05) is 82.4 Å². The van der Waals surface area contributed by atoms with Crippen LogP contribution in [0.4, 0.5) is 0 Å². The quantitative estimate of drug-likeness (QED) is 0.145. The van der Waals surface area contributed by atoms with Crippen molar-refractivity contribution in [2.75, 3.05) is 0 Å². The average molecular weight is 1120 g/mol. The molecule has 0 fully saturated rings. The first kappa shape index (κ1) is 49.5. The Labute approximate surface area is 506 Å². The van der Waals surface area contributed by atoms with Gasteiger partial charge in [-0.3, -0.25) is 0 Å². The molecule has 7 nitrogen and oxygen atoms in total. The van der Waals surface area contributed by atoms with Gasteiger partial charge in [0.25, 0.3) is 0 Å². The van der Waals surface area contributed by atoms with E-state index in [2.05, 4.69) is 309 Å². The van der Waals surface area contributed by atoms with Crippen LogP contribution in [0.2, 0.25) is 0 Å². The molecule has 0 atom stereocenters. The Hall–Kier alpha value is -11.9. The van der Waals surface area contributed by atoms with Crippen molar-refractivity contribution < 1.29 is 0 Å². The lowest BCUT2D eigenvalue weighted by Crippen LogP contribution is -2.02. The van der Waals surface area contributed by atoms with Crippen molar-refractivity contribution in [3.8, 4) is 79.2 Å². The molecule has 0 unspecified atom stereocenters. The van der Waals surface area contributed by atoms with Gasteiger partial charge in [0.05, 0.1) is 49.8 Å². The van der Waals surface area contributed by atoms with Crippen molar-refractivity contribution in [2.24, 2.45) is 0 Å². The number of nitrogens with zero attached hydrogens (tertiary/aromatic N) is 7. The summed E-state index contributed by atoms with van der Waals surface area (Å²) in [5.74, 6) is 1.77. The summed E-state index contributed by atoms with van der Waals surface area (Å²) in [6, 6.07) is 111. The van der Waals surface area contributed by atoms with E-state index in [0.717, 1.165) is 100 Å². The van der Waals surface area contributed by atoms with Crippen molar-refractivity contribution in [3.63, 3.8) is 0 Å². The molecule has 0 spiro atoms. The molecule has 7 heteroatoms. The van der Waals surface area contributed by atoms with Crippen molar-refractivity contribution in [1.29, 1.82) is 0 Å². The van der Waals surface area contributed by atoms with Crippen molar-refractivity contribution >= 4 is 87.2 Å². The molecule has 88 heavy (non-hydrogen) atoms. The molecular weight excluding hydrogens is 1070 g/mol. The Morgan fingerprint density at radius 2 is 0.534 bits per heavy atom. The number of rotatable bonds is 9. The van der Waals surface area contributed by atoms with E-state index in [1.165, 1.54) is 48.7 Å². The molecule has 0 saturated carbocycles. The summed E-state index contributed by atoms with van der Waals surface area (Å²) in [6.45, 7) is 0. The molecule has 0 bridgehead atoms. The minimum Gasteiger partial charge on any atom is -0.309 e. The standard InChI is InChI=1S/C81H51N7/c1-4-21-52(22-5-1)79-82-80(56-23-20-28-60(47-56)87-70-34-15-10-29-61(70)62-30-11-16-35-71(62)87)84-81(83-79)57-42-46-75(88-73-37-18-12-31-63(73)64-32-13-19-38-74(64)88)67(50-57)55-41-45-77-69(49-55)66-43-39-54(51-78(66)86(77)59-26-8-3-9-27-59)53-40-44-76-68(48-53)65-33-14-17-36-72(65)85(76)58-24-6-2-7-25-58/h1-51H. The first-order chi connectivity index (χ1) is 43.6. The highest BCUT2D eigenvalue weighted by molar-refractivity contribution is 6.15. The Bertz CT molecular complexity index is 5700. The summed E-state index contributed by atoms with van der Waals surface area (Å²) < 4.78 is 9.57. The smallest absolute Gasteiger partial charge is 0.164 e. The van der Waals surface area contributed by atoms with Crippen LogP contribution in [0, 0.1) is 0 Å². The van der Waals surface area contributed by atoms with Crippen LogP contribution in [0.5, 0.6) is 0 Å². The van der Waals surface area contributed by atoms with Crippen LogP contribution in [-0.2, 0) is 0 Å². The molecule has 18 aromatic rings. The molecule has 5 heterocycles. The molecule has 0 radical (unpaired) electrons. The number of hydrogen-bond donors (Lipinski definition) is 0. The van der Waals surface area contributed by atoms with Gasteiger partial charge in [-0.15, -0.1) is 0 Å². The van der Waals surface area contributed by atoms with Gasteiger partial charge in [0.1, 0.15) is 0 Å². The fourth-order valence-corrected chi connectivity index (χ4v) is 13.8. The van der Waals surface area contributed by atoms with Gasteiger partial charge in [0.15, 0.2) is 17.5 Å². The fraction of sp³-hybridized carbons (Fsp3) is 0. The maximum Gasteiger partial charge on any atom is 0.164 e.